The minimum absolute atomic E-state index is 0.244. The topological polar surface area (TPSA) is 49.9 Å². The Morgan fingerprint density at radius 1 is 0.838 bits per heavy atom. The van der Waals surface area contributed by atoms with Gasteiger partial charge in [-0.1, -0.05) is 29.3 Å². The third kappa shape index (κ3) is 5.49. The van der Waals surface area contributed by atoms with Crippen molar-refractivity contribution in [1.82, 2.24) is 4.90 Å². The lowest BCUT2D eigenvalue weighted by Crippen LogP contribution is -2.32. The van der Waals surface area contributed by atoms with Crippen LogP contribution in [0.25, 0.3) is 0 Å². The van der Waals surface area contributed by atoms with E-state index in [4.69, 9.17) is 27.9 Å². The number of nitrogens with zero attached hydrogens (tertiary/aromatic N) is 2. The number of benzene rings is 3. The summed E-state index contributed by atoms with van der Waals surface area (Å²) in [6.07, 6.45) is 3.72. The van der Waals surface area contributed by atoms with Crippen LogP contribution in [0.5, 0.6) is 5.75 Å². The highest BCUT2D eigenvalue weighted by atomic mass is 35.5. The lowest BCUT2D eigenvalue weighted by Gasteiger charge is -2.34. The SMILES string of the molecule is COc1cc2c(cc1S(=O)(=O)c1ccc(N3CCC(c4ccc(Cl)c(Cl)c4)CC3)cc1)CCN(C)CC2. The molecule has 0 saturated carbocycles. The molecule has 0 aliphatic carbocycles. The molecule has 5 rings (SSSR count). The monoisotopic (exact) mass is 558 g/mol. The minimum Gasteiger partial charge on any atom is -0.495 e. The summed E-state index contributed by atoms with van der Waals surface area (Å²) in [6.45, 7) is 3.65. The van der Waals surface area contributed by atoms with Crippen molar-refractivity contribution < 1.29 is 13.2 Å². The molecule has 0 atom stereocenters. The van der Waals surface area contributed by atoms with Crippen LogP contribution in [0, 0.1) is 0 Å². The number of anilines is 1. The maximum atomic E-state index is 13.7. The Morgan fingerprint density at radius 2 is 1.49 bits per heavy atom. The molecule has 0 aromatic heterocycles. The molecule has 0 spiro atoms. The van der Waals surface area contributed by atoms with E-state index in [-0.39, 0.29) is 9.79 Å². The van der Waals surface area contributed by atoms with Gasteiger partial charge in [0.2, 0.25) is 9.84 Å². The normalized spacial score (nSPS) is 17.4. The zero-order valence-electron chi connectivity index (χ0n) is 21.2. The van der Waals surface area contributed by atoms with E-state index in [1.165, 1.54) is 18.2 Å². The zero-order chi connectivity index (χ0) is 26.2. The molecular weight excluding hydrogens is 527 g/mol. The molecule has 2 aliphatic rings. The summed E-state index contributed by atoms with van der Waals surface area (Å²) in [7, 11) is -0.0896. The fourth-order valence-electron chi connectivity index (χ4n) is 5.41. The number of halogens is 2. The Balaban J connectivity index is 1.33. The fourth-order valence-corrected chi connectivity index (χ4v) is 7.17. The van der Waals surface area contributed by atoms with Crippen LogP contribution in [0.2, 0.25) is 10.0 Å². The number of methoxy groups -OCH3 is 1. The highest BCUT2D eigenvalue weighted by Crippen LogP contribution is 2.36. The molecule has 196 valence electrons. The average molecular weight is 560 g/mol. The van der Waals surface area contributed by atoms with E-state index in [1.807, 2.05) is 36.4 Å². The number of sulfone groups is 1. The summed E-state index contributed by atoms with van der Waals surface area (Å²) >= 11 is 12.3. The second-order valence-electron chi connectivity index (χ2n) is 10.0. The van der Waals surface area contributed by atoms with E-state index in [0.29, 0.717) is 21.7 Å². The van der Waals surface area contributed by atoms with Crippen LogP contribution < -0.4 is 9.64 Å². The molecule has 5 nitrogen and oxygen atoms in total. The molecule has 0 unspecified atom stereocenters. The van der Waals surface area contributed by atoms with E-state index < -0.39 is 9.84 Å². The van der Waals surface area contributed by atoms with Crippen molar-refractivity contribution in [3.8, 4) is 5.75 Å². The van der Waals surface area contributed by atoms with Crippen LogP contribution >= 0.6 is 23.2 Å². The van der Waals surface area contributed by atoms with Gasteiger partial charge in [-0.15, -0.1) is 0 Å². The first-order valence-corrected chi connectivity index (χ1v) is 14.9. The van der Waals surface area contributed by atoms with Gasteiger partial charge < -0.3 is 14.5 Å². The van der Waals surface area contributed by atoms with Crippen molar-refractivity contribution in [2.75, 3.05) is 45.2 Å². The van der Waals surface area contributed by atoms with Gasteiger partial charge in [0.25, 0.3) is 0 Å². The molecule has 37 heavy (non-hydrogen) atoms. The number of hydrogen-bond acceptors (Lipinski definition) is 5. The highest BCUT2D eigenvalue weighted by molar-refractivity contribution is 7.91. The molecule has 0 amide bonds. The van der Waals surface area contributed by atoms with Crippen molar-refractivity contribution in [1.29, 1.82) is 0 Å². The summed E-state index contributed by atoms with van der Waals surface area (Å²) in [5, 5.41) is 1.17. The molecule has 1 fully saturated rings. The average Bonchev–Trinajstić information content (AvgIpc) is 3.10. The quantitative estimate of drug-likeness (QED) is 0.370. The predicted octanol–water partition coefficient (Wildman–Crippen LogP) is 6.25. The number of ether oxygens (including phenoxy) is 1. The molecule has 8 heteroatoms. The van der Waals surface area contributed by atoms with Crippen LogP contribution in [-0.2, 0) is 22.7 Å². The number of piperidine rings is 1. The van der Waals surface area contributed by atoms with Gasteiger partial charge in [-0.3, -0.25) is 0 Å². The molecule has 3 aromatic rings. The Hall–Kier alpha value is -2.25. The minimum atomic E-state index is -3.72. The first kappa shape index (κ1) is 26.4. The molecule has 2 aliphatic heterocycles. The van der Waals surface area contributed by atoms with E-state index >= 15 is 0 Å². The Bertz CT molecular complexity index is 1390. The maximum Gasteiger partial charge on any atom is 0.210 e. The van der Waals surface area contributed by atoms with Gasteiger partial charge in [0.05, 0.1) is 22.1 Å². The van der Waals surface area contributed by atoms with Gasteiger partial charge in [-0.05, 0) is 104 Å². The number of rotatable bonds is 5. The molecule has 0 N–H and O–H groups in total. The van der Waals surface area contributed by atoms with Gasteiger partial charge in [0, 0.05) is 31.9 Å². The van der Waals surface area contributed by atoms with E-state index in [9.17, 15) is 8.42 Å². The first-order chi connectivity index (χ1) is 17.8. The summed E-state index contributed by atoms with van der Waals surface area (Å²) in [5.74, 6) is 0.850. The summed E-state index contributed by atoms with van der Waals surface area (Å²) in [6, 6.07) is 16.9. The number of likely N-dealkylation sites (N-methyl/N-ethyl adjacent to an activating group) is 1. The van der Waals surface area contributed by atoms with E-state index in [0.717, 1.165) is 63.1 Å². The van der Waals surface area contributed by atoms with Crippen LogP contribution in [0.4, 0.5) is 5.69 Å². The molecule has 3 aromatic carbocycles. The van der Waals surface area contributed by atoms with Crippen molar-refractivity contribution >= 4 is 38.7 Å². The van der Waals surface area contributed by atoms with Gasteiger partial charge in [0.15, 0.2) is 0 Å². The molecule has 0 radical (unpaired) electrons. The van der Waals surface area contributed by atoms with Crippen molar-refractivity contribution in [2.24, 2.45) is 0 Å². The molecule has 2 heterocycles. The van der Waals surface area contributed by atoms with Gasteiger partial charge in [-0.2, -0.15) is 0 Å². The second kappa shape index (κ2) is 10.9. The maximum absolute atomic E-state index is 13.7. The molecular formula is C29H32Cl2N2O3S. The largest absolute Gasteiger partial charge is 0.495 e. The third-order valence-electron chi connectivity index (χ3n) is 7.72. The fraction of sp³-hybridized carbons (Fsp3) is 0.379. The zero-order valence-corrected chi connectivity index (χ0v) is 23.5. The smallest absolute Gasteiger partial charge is 0.210 e. The van der Waals surface area contributed by atoms with Crippen molar-refractivity contribution in [3.05, 3.63) is 81.3 Å². The molecule has 0 bridgehead atoms. The Morgan fingerprint density at radius 3 is 2.11 bits per heavy atom. The van der Waals surface area contributed by atoms with E-state index in [2.05, 4.69) is 22.9 Å². The van der Waals surface area contributed by atoms with Gasteiger partial charge in [0.1, 0.15) is 10.6 Å². The summed E-state index contributed by atoms with van der Waals surface area (Å²) < 4.78 is 32.9. The Kier molecular flexibility index (Phi) is 7.73. The lowest BCUT2D eigenvalue weighted by atomic mass is 9.89. The second-order valence-corrected chi connectivity index (χ2v) is 12.7. The summed E-state index contributed by atoms with van der Waals surface area (Å²) in [5.41, 5.74) is 4.50. The van der Waals surface area contributed by atoms with Crippen LogP contribution in [0.15, 0.2) is 64.4 Å². The predicted molar refractivity (Wildman–Crippen MR) is 150 cm³/mol. The van der Waals surface area contributed by atoms with E-state index in [1.54, 1.807) is 12.1 Å². The van der Waals surface area contributed by atoms with Crippen molar-refractivity contribution in [3.63, 3.8) is 0 Å². The number of hydrogen-bond donors (Lipinski definition) is 0. The van der Waals surface area contributed by atoms with Crippen molar-refractivity contribution in [2.45, 2.75) is 41.4 Å². The lowest BCUT2D eigenvalue weighted by molar-refractivity contribution is 0.352. The van der Waals surface area contributed by atoms with Crippen LogP contribution in [-0.4, -0.2) is 53.7 Å². The highest BCUT2D eigenvalue weighted by Gasteiger charge is 2.26. The van der Waals surface area contributed by atoms with Crippen LogP contribution in [0.3, 0.4) is 0 Å². The van der Waals surface area contributed by atoms with Gasteiger partial charge in [-0.25, -0.2) is 8.42 Å². The summed E-state index contributed by atoms with van der Waals surface area (Å²) in [4.78, 5) is 5.11. The first-order valence-electron chi connectivity index (χ1n) is 12.7. The van der Waals surface area contributed by atoms with Crippen LogP contribution in [0.1, 0.15) is 35.4 Å². The standard InChI is InChI=1S/C29H32Cl2N2O3S/c1-32-13-9-22-18-28(36-2)29(19-23(22)10-14-32)37(34,35)25-6-4-24(5-7-25)33-15-11-20(12-16-33)21-3-8-26(30)27(31)17-21/h3-8,17-20H,9-16H2,1-2H3. The Labute approximate surface area is 229 Å². The number of fused-ring (bicyclic) bond motifs is 1. The molecule has 1 saturated heterocycles. The van der Waals surface area contributed by atoms with Gasteiger partial charge >= 0.3 is 0 Å². The third-order valence-corrected chi connectivity index (χ3v) is 10.3.